The van der Waals surface area contributed by atoms with Gasteiger partial charge in [0.1, 0.15) is 10.7 Å². The summed E-state index contributed by atoms with van der Waals surface area (Å²) in [4.78, 5) is 51.0. The van der Waals surface area contributed by atoms with Gasteiger partial charge in [0.05, 0.1) is 23.4 Å². The van der Waals surface area contributed by atoms with Crippen molar-refractivity contribution in [3.8, 4) is 0 Å². The van der Waals surface area contributed by atoms with Crippen molar-refractivity contribution in [2.24, 2.45) is 0 Å². The van der Waals surface area contributed by atoms with Gasteiger partial charge in [-0.05, 0) is 48.5 Å². The van der Waals surface area contributed by atoms with Crippen LogP contribution in [0.15, 0.2) is 83.5 Å². The summed E-state index contributed by atoms with van der Waals surface area (Å²) in [5.41, 5.74) is 1.37. The number of nitrogens with zero attached hydrogens (tertiary/aromatic N) is 1. The number of methoxy groups -OCH3 is 1. The molecule has 8 nitrogen and oxygen atoms in total. The standard InChI is InChI=1S/C25H17Cl2N3O5/c1-35-25(34)15-7-5-9-17(13-15)29-22(31)14-6-4-8-16(12-14)28-21-20(27)23(32)30(24(21)33)19-11-3-2-10-18(19)26/h2-13,28H,1H3,(H,29,31). The maximum absolute atomic E-state index is 13.0. The van der Waals surface area contributed by atoms with Gasteiger partial charge in [-0.1, -0.05) is 47.5 Å². The van der Waals surface area contributed by atoms with Gasteiger partial charge in [-0.2, -0.15) is 0 Å². The molecule has 3 aromatic rings. The summed E-state index contributed by atoms with van der Waals surface area (Å²) >= 11 is 12.3. The fraction of sp³-hybridized carbons (Fsp3) is 0.0400. The molecule has 2 N–H and O–H groups in total. The molecule has 0 aliphatic carbocycles. The second kappa shape index (κ2) is 10.0. The molecule has 0 spiro atoms. The van der Waals surface area contributed by atoms with Crippen LogP contribution in [0.1, 0.15) is 20.7 Å². The number of ether oxygens (including phenoxy) is 1. The Hall–Kier alpha value is -4.14. The molecule has 3 aromatic carbocycles. The third-order valence-electron chi connectivity index (χ3n) is 5.06. The lowest BCUT2D eigenvalue weighted by Crippen LogP contribution is -2.32. The molecule has 0 radical (unpaired) electrons. The Morgan fingerprint density at radius 3 is 2.20 bits per heavy atom. The molecule has 0 aromatic heterocycles. The SMILES string of the molecule is COC(=O)c1cccc(NC(=O)c2cccc(NC3=C(Cl)C(=O)N(c4ccccc4Cl)C3=O)c2)c1. The van der Waals surface area contributed by atoms with Gasteiger partial charge in [0.25, 0.3) is 17.7 Å². The zero-order valence-corrected chi connectivity index (χ0v) is 19.7. The van der Waals surface area contributed by atoms with Crippen molar-refractivity contribution in [1.29, 1.82) is 0 Å². The summed E-state index contributed by atoms with van der Waals surface area (Å²) in [6.45, 7) is 0. The summed E-state index contributed by atoms with van der Waals surface area (Å²) in [7, 11) is 1.27. The Bertz CT molecular complexity index is 1400. The number of hydrogen-bond donors (Lipinski definition) is 2. The first-order valence-electron chi connectivity index (χ1n) is 10.2. The summed E-state index contributed by atoms with van der Waals surface area (Å²) in [6.07, 6.45) is 0. The average Bonchev–Trinajstić information content (AvgIpc) is 3.07. The molecule has 1 heterocycles. The van der Waals surface area contributed by atoms with Gasteiger partial charge in [-0.3, -0.25) is 14.4 Å². The minimum Gasteiger partial charge on any atom is -0.465 e. The fourth-order valence-corrected chi connectivity index (χ4v) is 3.82. The monoisotopic (exact) mass is 509 g/mol. The molecule has 10 heteroatoms. The minimum absolute atomic E-state index is 0.139. The van der Waals surface area contributed by atoms with Crippen molar-refractivity contribution in [1.82, 2.24) is 0 Å². The Morgan fingerprint density at radius 1 is 0.829 bits per heavy atom. The van der Waals surface area contributed by atoms with Crippen LogP contribution >= 0.6 is 23.2 Å². The van der Waals surface area contributed by atoms with Crippen molar-refractivity contribution in [3.63, 3.8) is 0 Å². The van der Waals surface area contributed by atoms with E-state index in [4.69, 9.17) is 23.2 Å². The molecule has 4 rings (SSSR count). The smallest absolute Gasteiger partial charge is 0.337 e. The van der Waals surface area contributed by atoms with E-state index < -0.39 is 23.7 Å². The molecule has 0 fully saturated rings. The van der Waals surface area contributed by atoms with E-state index in [2.05, 4.69) is 15.4 Å². The van der Waals surface area contributed by atoms with E-state index in [1.807, 2.05) is 0 Å². The van der Waals surface area contributed by atoms with Gasteiger partial charge < -0.3 is 15.4 Å². The van der Waals surface area contributed by atoms with Gasteiger partial charge in [0.15, 0.2) is 0 Å². The molecular formula is C25H17Cl2N3O5. The highest BCUT2D eigenvalue weighted by Crippen LogP contribution is 2.34. The van der Waals surface area contributed by atoms with Gasteiger partial charge in [0, 0.05) is 16.9 Å². The van der Waals surface area contributed by atoms with Gasteiger partial charge in [-0.25, -0.2) is 9.69 Å². The molecule has 0 atom stereocenters. The van der Waals surface area contributed by atoms with Crippen LogP contribution in [0.3, 0.4) is 0 Å². The summed E-state index contributed by atoms with van der Waals surface area (Å²) < 4.78 is 4.69. The van der Waals surface area contributed by atoms with Crippen molar-refractivity contribution in [2.45, 2.75) is 0 Å². The first kappa shape index (κ1) is 24.0. The van der Waals surface area contributed by atoms with Crippen LogP contribution in [0.5, 0.6) is 0 Å². The van der Waals surface area contributed by atoms with Crippen molar-refractivity contribution >= 4 is 64.0 Å². The average molecular weight is 510 g/mol. The zero-order valence-electron chi connectivity index (χ0n) is 18.2. The molecule has 1 aliphatic heterocycles. The largest absolute Gasteiger partial charge is 0.465 e. The minimum atomic E-state index is -0.716. The van der Waals surface area contributed by atoms with Gasteiger partial charge >= 0.3 is 5.97 Å². The van der Waals surface area contributed by atoms with Crippen LogP contribution in [0.2, 0.25) is 5.02 Å². The molecule has 0 unspecified atom stereocenters. The first-order valence-corrected chi connectivity index (χ1v) is 11.0. The van der Waals surface area contributed by atoms with E-state index in [0.29, 0.717) is 11.4 Å². The van der Waals surface area contributed by atoms with Crippen molar-refractivity contribution in [3.05, 3.63) is 99.7 Å². The van der Waals surface area contributed by atoms with E-state index >= 15 is 0 Å². The number of carbonyl (C=O) groups is 4. The number of amides is 3. The fourth-order valence-electron chi connectivity index (χ4n) is 3.39. The summed E-state index contributed by atoms with van der Waals surface area (Å²) in [6, 6.07) is 19.0. The van der Waals surface area contributed by atoms with E-state index in [9.17, 15) is 19.2 Å². The third kappa shape index (κ3) is 4.89. The predicted molar refractivity (Wildman–Crippen MR) is 133 cm³/mol. The molecule has 1 aliphatic rings. The number of carbonyl (C=O) groups excluding carboxylic acids is 4. The van der Waals surface area contributed by atoms with E-state index in [1.54, 1.807) is 54.6 Å². The maximum Gasteiger partial charge on any atom is 0.337 e. The van der Waals surface area contributed by atoms with Gasteiger partial charge in [-0.15, -0.1) is 0 Å². The first-order chi connectivity index (χ1) is 16.8. The lowest BCUT2D eigenvalue weighted by Gasteiger charge is -2.16. The number of para-hydroxylation sites is 1. The molecule has 0 saturated heterocycles. The number of imide groups is 1. The predicted octanol–water partition coefficient (Wildman–Crippen LogP) is 4.81. The van der Waals surface area contributed by atoms with Crippen molar-refractivity contribution < 1.29 is 23.9 Å². The molecular weight excluding hydrogens is 493 g/mol. The van der Waals surface area contributed by atoms with E-state index in [-0.39, 0.29) is 32.6 Å². The number of anilines is 3. The Balaban J connectivity index is 1.53. The van der Waals surface area contributed by atoms with Crippen LogP contribution in [-0.4, -0.2) is 30.8 Å². The van der Waals surface area contributed by atoms with Gasteiger partial charge in [0.2, 0.25) is 0 Å². The molecule has 0 saturated carbocycles. The second-order valence-electron chi connectivity index (χ2n) is 7.32. The quantitative estimate of drug-likeness (QED) is 0.364. The third-order valence-corrected chi connectivity index (χ3v) is 5.73. The number of nitrogens with one attached hydrogen (secondary N) is 2. The number of benzene rings is 3. The normalized spacial score (nSPS) is 13.2. The number of esters is 1. The summed E-state index contributed by atoms with van der Waals surface area (Å²) in [5.74, 6) is -2.38. The molecule has 0 bridgehead atoms. The molecule has 3 amide bonds. The van der Waals surface area contributed by atoms with E-state index in [1.165, 1.54) is 25.3 Å². The number of hydrogen-bond acceptors (Lipinski definition) is 6. The van der Waals surface area contributed by atoms with Crippen LogP contribution < -0.4 is 15.5 Å². The van der Waals surface area contributed by atoms with E-state index in [0.717, 1.165) is 4.90 Å². The number of halogens is 2. The van der Waals surface area contributed by atoms with Crippen molar-refractivity contribution in [2.75, 3.05) is 22.6 Å². The van der Waals surface area contributed by atoms with Crippen LogP contribution in [-0.2, 0) is 14.3 Å². The van der Waals surface area contributed by atoms with Crippen LogP contribution in [0.4, 0.5) is 17.1 Å². The highest BCUT2D eigenvalue weighted by atomic mass is 35.5. The molecule has 35 heavy (non-hydrogen) atoms. The Labute approximate surface area is 210 Å². The lowest BCUT2D eigenvalue weighted by atomic mass is 10.1. The maximum atomic E-state index is 13.0. The number of rotatable bonds is 6. The highest BCUT2D eigenvalue weighted by molar-refractivity contribution is 6.53. The highest BCUT2D eigenvalue weighted by Gasteiger charge is 2.39. The van der Waals surface area contributed by atoms with Crippen LogP contribution in [0, 0.1) is 0 Å². The topological polar surface area (TPSA) is 105 Å². The summed E-state index contributed by atoms with van der Waals surface area (Å²) in [5, 5.41) is 5.45. The Morgan fingerprint density at radius 2 is 1.49 bits per heavy atom. The second-order valence-corrected chi connectivity index (χ2v) is 8.10. The Kier molecular flexibility index (Phi) is 6.86. The molecule has 176 valence electrons. The van der Waals surface area contributed by atoms with Crippen LogP contribution in [0.25, 0.3) is 0 Å². The zero-order chi connectivity index (χ0) is 25.1. The lowest BCUT2D eigenvalue weighted by molar-refractivity contribution is -0.120.